The first kappa shape index (κ1) is 17.0. The molecule has 1 unspecified atom stereocenters. The summed E-state index contributed by atoms with van der Waals surface area (Å²) in [5, 5.41) is 0.287. The molecule has 4 nitrogen and oxygen atoms in total. The summed E-state index contributed by atoms with van der Waals surface area (Å²) >= 11 is 11.9. The summed E-state index contributed by atoms with van der Waals surface area (Å²) < 4.78 is 26.5. The van der Waals surface area contributed by atoms with Gasteiger partial charge in [0.05, 0.1) is 10.0 Å². The van der Waals surface area contributed by atoms with Crippen LogP contribution in [-0.2, 0) is 10.0 Å². The Hall–Kier alpha value is -0.0400. The van der Waals surface area contributed by atoms with Gasteiger partial charge in [0, 0.05) is 19.1 Å². The van der Waals surface area contributed by atoms with Gasteiger partial charge in [-0.2, -0.15) is 4.31 Å². The first-order valence-electron chi connectivity index (χ1n) is 5.64. The summed E-state index contributed by atoms with van der Waals surface area (Å²) in [6, 6.07) is 4.50. The second kappa shape index (κ2) is 6.61. The van der Waals surface area contributed by atoms with E-state index in [4.69, 9.17) is 28.9 Å². The van der Waals surface area contributed by atoms with E-state index in [2.05, 4.69) is 0 Å². The Morgan fingerprint density at radius 2 is 1.89 bits per heavy atom. The van der Waals surface area contributed by atoms with Crippen LogP contribution in [-0.4, -0.2) is 31.9 Å². The number of hydrogen-bond acceptors (Lipinski definition) is 3. The van der Waals surface area contributed by atoms with Crippen LogP contribution in [0.5, 0.6) is 0 Å². The Balaban J connectivity index is 0.00000180. The van der Waals surface area contributed by atoms with E-state index in [1.165, 1.54) is 16.4 Å². The van der Waals surface area contributed by atoms with Crippen molar-refractivity contribution in [1.29, 1.82) is 0 Å². The fourth-order valence-corrected chi connectivity index (χ4v) is 5.01. The largest absolute Gasteiger partial charge is 0.329 e. The second-order valence-electron chi connectivity index (χ2n) is 4.20. The van der Waals surface area contributed by atoms with Crippen molar-refractivity contribution in [2.75, 3.05) is 13.1 Å². The Kier molecular flexibility index (Phi) is 5.92. The van der Waals surface area contributed by atoms with Gasteiger partial charge in [-0.15, -0.1) is 12.4 Å². The van der Waals surface area contributed by atoms with Crippen LogP contribution in [0.1, 0.15) is 12.8 Å². The third-order valence-corrected chi connectivity index (χ3v) is 5.99. The molecule has 1 aromatic carbocycles. The Bertz CT molecular complexity index is 531. The molecule has 0 saturated carbocycles. The Morgan fingerprint density at radius 3 is 2.42 bits per heavy atom. The molecule has 2 N–H and O–H groups in total. The average molecular weight is 346 g/mol. The SMILES string of the molecule is Cl.NCC1CCCN1S(=O)(=O)c1c(Cl)cccc1Cl. The van der Waals surface area contributed by atoms with E-state index >= 15 is 0 Å². The Labute approximate surface area is 129 Å². The molecular formula is C11H15Cl3N2O2S. The number of nitrogens with two attached hydrogens (primary N) is 1. The lowest BCUT2D eigenvalue weighted by Crippen LogP contribution is -2.40. The van der Waals surface area contributed by atoms with Crippen molar-refractivity contribution in [2.24, 2.45) is 5.73 Å². The van der Waals surface area contributed by atoms with Crippen molar-refractivity contribution in [1.82, 2.24) is 4.31 Å². The highest BCUT2D eigenvalue weighted by atomic mass is 35.5. The van der Waals surface area contributed by atoms with Crippen LogP contribution in [0.4, 0.5) is 0 Å². The summed E-state index contributed by atoms with van der Waals surface area (Å²) in [7, 11) is -3.67. The van der Waals surface area contributed by atoms with Gasteiger partial charge in [-0.05, 0) is 25.0 Å². The van der Waals surface area contributed by atoms with Gasteiger partial charge in [-0.3, -0.25) is 0 Å². The molecule has 1 saturated heterocycles. The Morgan fingerprint density at radius 1 is 1.32 bits per heavy atom. The van der Waals surface area contributed by atoms with Crippen LogP contribution in [0.15, 0.2) is 23.1 Å². The lowest BCUT2D eigenvalue weighted by Gasteiger charge is -2.23. The second-order valence-corrected chi connectivity index (χ2v) is 6.84. The number of hydrogen-bond donors (Lipinski definition) is 1. The van der Waals surface area contributed by atoms with E-state index in [-0.39, 0.29) is 33.4 Å². The maximum atomic E-state index is 12.5. The van der Waals surface area contributed by atoms with Gasteiger partial charge in [-0.25, -0.2) is 8.42 Å². The van der Waals surface area contributed by atoms with Gasteiger partial charge in [0.1, 0.15) is 4.90 Å². The molecule has 1 fully saturated rings. The highest BCUT2D eigenvalue weighted by molar-refractivity contribution is 7.89. The molecule has 2 rings (SSSR count). The third kappa shape index (κ3) is 3.17. The van der Waals surface area contributed by atoms with E-state index in [1.807, 2.05) is 0 Å². The average Bonchev–Trinajstić information content (AvgIpc) is 2.77. The molecule has 1 heterocycles. The van der Waals surface area contributed by atoms with Gasteiger partial charge in [0.2, 0.25) is 10.0 Å². The molecule has 0 aromatic heterocycles. The summed E-state index contributed by atoms with van der Waals surface area (Å²) in [5.74, 6) is 0. The molecule has 1 aliphatic rings. The molecule has 8 heteroatoms. The maximum absolute atomic E-state index is 12.5. The molecule has 1 atom stereocenters. The molecule has 0 aliphatic carbocycles. The predicted octanol–water partition coefficient (Wildman–Crippen LogP) is 2.53. The summed E-state index contributed by atoms with van der Waals surface area (Å²) in [5.41, 5.74) is 5.60. The van der Waals surface area contributed by atoms with E-state index in [0.717, 1.165) is 12.8 Å². The number of rotatable bonds is 3. The van der Waals surface area contributed by atoms with E-state index < -0.39 is 10.0 Å². The van der Waals surface area contributed by atoms with Crippen LogP contribution in [0.2, 0.25) is 10.0 Å². The zero-order valence-corrected chi connectivity index (χ0v) is 13.2. The first-order valence-corrected chi connectivity index (χ1v) is 7.84. The van der Waals surface area contributed by atoms with E-state index in [9.17, 15) is 8.42 Å². The number of halogens is 3. The lowest BCUT2D eigenvalue weighted by atomic mass is 10.2. The molecule has 0 radical (unpaired) electrons. The molecule has 1 aromatic rings. The van der Waals surface area contributed by atoms with Crippen molar-refractivity contribution in [3.05, 3.63) is 28.2 Å². The smallest absolute Gasteiger partial charge is 0.246 e. The van der Waals surface area contributed by atoms with Gasteiger partial charge in [-0.1, -0.05) is 29.3 Å². The third-order valence-electron chi connectivity index (χ3n) is 3.08. The van der Waals surface area contributed by atoms with Gasteiger partial charge in [0.25, 0.3) is 0 Å². The topological polar surface area (TPSA) is 63.4 Å². The van der Waals surface area contributed by atoms with Gasteiger partial charge >= 0.3 is 0 Å². The zero-order chi connectivity index (χ0) is 13.3. The number of sulfonamides is 1. The van der Waals surface area contributed by atoms with Crippen LogP contribution < -0.4 is 5.73 Å². The monoisotopic (exact) mass is 344 g/mol. The minimum Gasteiger partial charge on any atom is -0.329 e. The molecule has 0 amide bonds. The number of benzene rings is 1. The zero-order valence-electron chi connectivity index (χ0n) is 10.1. The van der Waals surface area contributed by atoms with Crippen LogP contribution >= 0.6 is 35.6 Å². The summed E-state index contributed by atoms with van der Waals surface area (Å²) in [4.78, 5) is -0.0197. The van der Waals surface area contributed by atoms with Gasteiger partial charge in [0.15, 0.2) is 0 Å². The van der Waals surface area contributed by atoms with Crippen LogP contribution in [0.3, 0.4) is 0 Å². The van der Waals surface area contributed by atoms with E-state index in [1.54, 1.807) is 6.07 Å². The lowest BCUT2D eigenvalue weighted by molar-refractivity contribution is 0.393. The first-order chi connectivity index (χ1) is 8.48. The quantitative estimate of drug-likeness (QED) is 0.915. The van der Waals surface area contributed by atoms with Gasteiger partial charge < -0.3 is 5.73 Å². The van der Waals surface area contributed by atoms with Crippen molar-refractivity contribution < 1.29 is 8.42 Å². The van der Waals surface area contributed by atoms with Crippen molar-refractivity contribution in [2.45, 2.75) is 23.8 Å². The normalized spacial score (nSPS) is 20.3. The van der Waals surface area contributed by atoms with E-state index in [0.29, 0.717) is 13.1 Å². The molecular weight excluding hydrogens is 331 g/mol. The number of nitrogens with zero attached hydrogens (tertiary/aromatic N) is 1. The van der Waals surface area contributed by atoms with Crippen LogP contribution in [0.25, 0.3) is 0 Å². The minimum absolute atomic E-state index is 0. The molecule has 0 spiro atoms. The molecule has 0 bridgehead atoms. The molecule has 19 heavy (non-hydrogen) atoms. The standard InChI is InChI=1S/C11H14Cl2N2O2S.ClH/c12-9-4-1-5-10(13)11(9)18(16,17)15-6-2-3-8(15)7-14;/h1,4-5,8H,2-3,6-7,14H2;1H. The molecule has 1 aliphatic heterocycles. The fourth-order valence-electron chi connectivity index (χ4n) is 2.21. The highest BCUT2D eigenvalue weighted by Crippen LogP contribution is 2.34. The van der Waals surface area contributed by atoms with Crippen molar-refractivity contribution in [3.8, 4) is 0 Å². The van der Waals surface area contributed by atoms with Crippen molar-refractivity contribution >= 4 is 45.6 Å². The minimum atomic E-state index is -3.67. The molecule has 108 valence electrons. The maximum Gasteiger partial charge on any atom is 0.246 e. The van der Waals surface area contributed by atoms with Crippen LogP contribution in [0, 0.1) is 0 Å². The highest BCUT2D eigenvalue weighted by Gasteiger charge is 2.36. The predicted molar refractivity (Wildman–Crippen MR) is 79.7 cm³/mol. The summed E-state index contributed by atoms with van der Waals surface area (Å²) in [6.45, 7) is 0.771. The fraction of sp³-hybridized carbons (Fsp3) is 0.455. The van der Waals surface area contributed by atoms with Crippen molar-refractivity contribution in [3.63, 3.8) is 0 Å². The summed E-state index contributed by atoms with van der Waals surface area (Å²) in [6.07, 6.45) is 1.58.